The molecule has 0 radical (unpaired) electrons. The van der Waals surface area contributed by atoms with Gasteiger partial charge in [0.1, 0.15) is 0 Å². The maximum atomic E-state index is 13.6. The van der Waals surface area contributed by atoms with Crippen LogP contribution in [-0.4, -0.2) is 24.3 Å². The van der Waals surface area contributed by atoms with Crippen LogP contribution in [0.2, 0.25) is 0 Å². The predicted octanol–water partition coefficient (Wildman–Crippen LogP) is 3.63. The summed E-state index contributed by atoms with van der Waals surface area (Å²) in [5, 5.41) is 0. The summed E-state index contributed by atoms with van der Waals surface area (Å²) in [7, 11) is 0. The zero-order valence-corrected chi connectivity index (χ0v) is 11.4. The van der Waals surface area contributed by atoms with Crippen LogP contribution in [0.5, 0.6) is 0 Å². The molecule has 0 bridgehead atoms. The molecule has 1 rings (SSSR count). The van der Waals surface area contributed by atoms with E-state index in [9.17, 15) is 18.4 Å². The van der Waals surface area contributed by atoms with Gasteiger partial charge in [-0.1, -0.05) is 30.3 Å². The highest BCUT2D eigenvalue weighted by atomic mass is 19.3. The third-order valence-corrected chi connectivity index (χ3v) is 2.74. The molecule has 0 aliphatic carbocycles. The fourth-order valence-electron chi connectivity index (χ4n) is 1.77. The normalized spacial score (nSPS) is 11.2. The lowest BCUT2D eigenvalue weighted by Gasteiger charge is -2.15. The minimum atomic E-state index is -3.10. The molecule has 0 aromatic heterocycles. The zero-order chi connectivity index (χ0) is 15.0. The van der Waals surface area contributed by atoms with Crippen LogP contribution < -0.4 is 0 Å². The standard InChI is InChI=1S/C15H18F2O3/c1-2-20-14(19)9-6-10-15(16,17)11-13(18)12-7-4-3-5-8-12/h3-5,7-8H,2,6,9-11H2,1H3. The third kappa shape index (κ3) is 5.91. The number of hydrogen-bond acceptors (Lipinski definition) is 3. The molecule has 0 amide bonds. The molecule has 110 valence electrons. The summed E-state index contributed by atoms with van der Waals surface area (Å²) < 4.78 is 31.9. The van der Waals surface area contributed by atoms with E-state index in [1.54, 1.807) is 25.1 Å². The molecule has 0 spiro atoms. The molecule has 0 unspecified atom stereocenters. The number of benzene rings is 1. The van der Waals surface area contributed by atoms with Gasteiger partial charge in [-0.2, -0.15) is 0 Å². The lowest BCUT2D eigenvalue weighted by molar-refractivity contribution is -0.143. The van der Waals surface area contributed by atoms with E-state index >= 15 is 0 Å². The maximum Gasteiger partial charge on any atom is 0.305 e. The first-order valence-electron chi connectivity index (χ1n) is 6.56. The summed E-state index contributed by atoms with van der Waals surface area (Å²) in [6.45, 7) is 1.90. The van der Waals surface area contributed by atoms with Gasteiger partial charge in [0.05, 0.1) is 13.0 Å². The summed E-state index contributed by atoms with van der Waals surface area (Å²) in [6.07, 6.45) is -1.37. The Morgan fingerprint density at radius 3 is 2.45 bits per heavy atom. The highest BCUT2D eigenvalue weighted by Gasteiger charge is 2.32. The predicted molar refractivity (Wildman–Crippen MR) is 70.8 cm³/mol. The van der Waals surface area contributed by atoms with Crippen LogP contribution in [0.15, 0.2) is 30.3 Å². The van der Waals surface area contributed by atoms with Crippen molar-refractivity contribution in [2.45, 2.75) is 38.5 Å². The molecular weight excluding hydrogens is 266 g/mol. The first-order chi connectivity index (χ1) is 9.44. The first kappa shape index (κ1) is 16.3. The largest absolute Gasteiger partial charge is 0.466 e. The van der Waals surface area contributed by atoms with Crippen molar-refractivity contribution >= 4 is 11.8 Å². The van der Waals surface area contributed by atoms with Gasteiger partial charge in [-0.3, -0.25) is 9.59 Å². The zero-order valence-electron chi connectivity index (χ0n) is 11.4. The molecule has 0 aliphatic rings. The van der Waals surface area contributed by atoms with E-state index in [2.05, 4.69) is 4.74 Å². The molecule has 0 saturated heterocycles. The van der Waals surface area contributed by atoms with Crippen LogP contribution in [0.3, 0.4) is 0 Å². The molecule has 0 fully saturated rings. The molecule has 0 heterocycles. The van der Waals surface area contributed by atoms with Crippen LogP contribution in [-0.2, 0) is 9.53 Å². The molecule has 5 heteroatoms. The van der Waals surface area contributed by atoms with E-state index in [0.29, 0.717) is 0 Å². The minimum Gasteiger partial charge on any atom is -0.466 e. The Morgan fingerprint density at radius 2 is 1.85 bits per heavy atom. The Morgan fingerprint density at radius 1 is 1.20 bits per heavy atom. The van der Waals surface area contributed by atoms with Crippen molar-refractivity contribution in [3.8, 4) is 0 Å². The molecule has 0 atom stereocenters. The van der Waals surface area contributed by atoms with Crippen molar-refractivity contribution < 1.29 is 23.1 Å². The Hall–Kier alpha value is -1.78. The number of ketones is 1. The van der Waals surface area contributed by atoms with Crippen LogP contribution in [0, 0.1) is 0 Å². The van der Waals surface area contributed by atoms with Gasteiger partial charge in [0, 0.05) is 18.4 Å². The third-order valence-electron chi connectivity index (χ3n) is 2.74. The van der Waals surface area contributed by atoms with E-state index in [-0.39, 0.29) is 25.0 Å². The van der Waals surface area contributed by atoms with E-state index in [1.165, 1.54) is 12.1 Å². The van der Waals surface area contributed by atoms with Crippen LogP contribution in [0.25, 0.3) is 0 Å². The topological polar surface area (TPSA) is 43.4 Å². The van der Waals surface area contributed by atoms with Crippen molar-refractivity contribution in [2.75, 3.05) is 6.61 Å². The number of hydrogen-bond donors (Lipinski definition) is 0. The average molecular weight is 284 g/mol. The van der Waals surface area contributed by atoms with Gasteiger partial charge >= 0.3 is 5.97 Å². The molecule has 20 heavy (non-hydrogen) atoms. The van der Waals surface area contributed by atoms with E-state index in [1.807, 2.05) is 0 Å². The summed E-state index contributed by atoms with van der Waals surface area (Å²) in [5.41, 5.74) is 0.276. The van der Waals surface area contributed by atoms with Gasteiger partial charge in [0.25, 0.3) is 5.92 Å². The highest BCUT2D eigenvalue weighted by molar-refractivity contribution is 5.96. The smallest absolute Gasteiger partial charge is 0.305 e. The summed E-state index contributed by atoms with van der Waals surface area (Å²) in [5.74, 6) is -4.18. The van der Waals surface area contributed by atoms with Crippen LogP contribution >= 0.6 is 0 Å². The second kappa shape index (κ2) is 7.72. The van der Waals surface area contributed by atoms with Crippen molar-refractivity contribution in [1.29, 1.82) is 0 Å². The van der Waals surface area contributed by atoms with E-state index in [4.69, 9.17) is 0 Å². The Kier molecular flexibility index (Phi) is 6.28. The molecule has 1 aromatic rings. The SMILES string of the molecule is CCOC(=O)CCCC(F)(F)CC(=O)c1ccccc1. The second-order valence-electron chi connectivity index (χ2n) is 4.48. The van der Waals surface area contributed by atoms with Gasteiger partial charge in [-0.15, -0.1) is 0 Å². The number of halogens is 2. The average Bonchev–Trinajstić information content (AvgIpc) is 2.39. The van der Waals surface area contributed by atoms with Crippen molar-refractivity contribution in [2.24, 2.45) is 0 Å². The lowest BCUT2D eigenvalue weighted by Crippen LogP contribution is -2.21. The van der Waals surface area contributed by atoms with Gasteiger partial charge in [-0.05, 0) is 13.3 Å². The summed E-state index contributed by atoms with van der Waals surface area (Å²) in [4.78, 5) is 22.7. The fourth-order valence-corrected chi connectivity index (χ4v) is 1.77. The number of carbonyl (C=O) groups is 2. The first-order valence-corrected chi connectivity index (χ1v) is 6.56. The van der Waals surface area contributed by atoms with Crippen molar-refractivity contribution in [3.05, 3.63) is 35.9 Å². The van der Waals surface area contributed by atoms with Crippen molar-refractivity contribution in [1.82, 2.24) is 0 Å². The highest BCUT2D eigenvalue weighted by Crippen LogP contribution is 2.27. The van der Waals surface area contributed by atoms with Crippen molar-refractivity contribution in [3.63, 3.8) is 0 Å². The second-order valence-corrected chi connectivity index (χ2v) is 4.48. The quantitative estimate of drug-likeness (QED) is 0.541. The Labute approximate surface area is 116 Å². The molecule has 3 nitrogen and oxygen atoms in total. The van der Waals surface area contributed by atoms with Gasteiger partial charge in [-0.25, -0.2) is 8.78 Å². The minimum absolute atomic E-state index is 0.00784. The van der Waals surface area contributed by atoms with Crippen LogP contribution in [0.1, 0.15) is 43.0 Å². The number of rotatable bonds is 8. The van der Waals surface area contributed by atoms with E-state index in [0.717, 1.165) is 0 Å². The monoisotopic (exact) mass is 284 g/mol. The van der Waals surface area contributed by atoms with Gasteiger partial charge < -0.3 is 4.74 Å². The summed E-state index contributed by atoms with van der Waals surface area (Å²) in [6, 6.07) is 8.00. The molecule has 0 saturated carbocycles. The summed E-state index contributed by atoms with van der Waals surface area (Å²) >= 11 is 0. The Balaban J connectivity index is 2.41. The fraction of sp³-hybridized carbons (Fsp3) is 0.467. The number of esters is 1. The molecule has 0 aliphatic heterocycles. The number of ether oxygens (including phenoxy) is 1. The van der Waals surface area contributed by atoms with E-state index < -0.39 is 30.5 Å². The molecular formula is C15H18F2O3. The lowest BCUT2D eigenvalue weighted by atomic mass is 10.0. The molecule has 1 aromatic carbocycles. The van der Waals surface area contributed by atoms with Gasteiger partial charge in [0.15, 0.2) is 5.78 Å². The number of Topliss-reactive ketones (excluding diaryl/α,β-unsaturated/α-hetero) is 1. The maximum absolute atomic E-state index is 13.6. The Bertz CT molecular complexity index is 444. The number of carbonyl (C=O) groups excluding carboxylic acids is 2. The van der Waals surface area contributed by atoms with Crippen LogP contribution in [0.4, 0.5) is 8.78 Å². The number of alkyl halides is 2. The molecule has 0 N–H and O–H groups in total. The van der Waals surface area contributed by atoms with Gasteiger partial charge in [0.2, 0.25) is 0 Å².